The number of amides is 1. The van der Waals surface area contributed by atoms with Gasteiger partial charge in [-0.2, -0.15) is 5.10 Å². The van der Waals surface area contributed by atoms with Crippen molar-refractivity contribution in [3.05, 3.63) is 69.2 Å². The minimum Gasteiger partial charge on any atom is -0.322 e. The third-order valence-corrected chi connectivity index (χ3v) is 8.19. The van der Waals surface area contributed by atoms with E-state index >= 15 is 0 Å². The van der Waals surface area contributed by atoms with Gasteiger partial charge in [0.1, 0.15) is 0 Å². The molecule has 0 aliphatic carbocycles. The minimum atomic E-state index is -3.64. The third kappa shape index (κ3) is 4.41. The van der Waals surface area contributed by atoms with E-state index in [0.717, 1.165) is 20.3 Å². The van der Waals surface area contributed by atoms with E-state index in [1.165, 1.54) is 20.2 Å². The number of aromatic nitrogens is 3. The lowest BCUT2D eigenvalue weighted by atomic mass is 10.1. The third-order valence-electron chi connectivity index (χ3n) is 5.54. The SMILES string of the molecule is Cc1cc(C(=O)Nc2cc(S(=O)(=O)N(C)C)cc(C)c2C)c2cnn(Cc3cccs3)c2n1. The number of carbonyl (C=O) groups is 1. The quantitative estimate of drug-likeness (QED) is 0.448. The summed E-state index contributed by atoms with van der Waals surface area (Å²) in [5, 5.41) is 10.0. The zero-order valence-corrected chi connectivity index (χ0v) is 20.7. The zero-order valence-electron chi connectivity index (χ0n) is 19.1. The largest absolute Gasteiger partial charge is 0.322 e. The van der Waals surface area contributed by atoms with E-state index in [4.69, 9.17) is 0 Å². The highest BCUT2D eigenvalue weighted by Crippen LogP contribution is 2.27. The van der Waals surface area contributed by atoms with Crippen LogP contribution in [0.15, 0.2) is 46.8 Å². The first-order chi connectivity index (χ1) is 15.6. The molecule has 0 atom stereocenters. The molecule has 172 valence electrons. The molecule has 0 saturated carbocycles. The Hall–Kier alpha value is -3.08. The monoisotopic (exact) mass is 483 g/mol. The number of hydrogen-bond donors (Lipinski definition) is 1. The second-order valence-electron chi connectivity index (χ2n) is 8.08. The van der Waals surface area contributed by atoms with E-state index in [1.807, 2.05) is 38.3 Å². The fourth-order valence-electron chi connectivity index (χ4n) is 3.53. The summed E-state index contributed by atoms with van der Waals surface area (Å²) in [5.41, 5.74) is 3.79. The number of benzene rings is 1. The highest BCUT2D eigenvalue weighted by Gasteiger charge is 2.22. The van der Waals surface area contributed by atoms with E-state index in [1.54, 1.807) is 34.3 Å². The summed E-state index contributed by atoms with van der Waals surface area (Å²) < 4.78 is 28.2. The molecule has 4 aromatic rings. The van der Waals surface area contributed by atoms with Crippen molar-refractivity contribution in [2.45, 2.75) is 32.2 Å². The number of nitrogens with zero attached hydrogens (tertiary/aromatic N) is 4. The lowest BCUT2D eigenvalue weighted by molar-refractivity contribution is 0.102. The molecule has 0 saturated heterocycles. The Morgan fingerprint density at radius 2 is 1.94 bits per heavy atom. The Kier molecular flexibility index (Phi) is 6.08. The maximum atomic E-state index is 13.3. The number of hydrogen-bond acceptors (Lipinski definition) is 6. The fourth-order valence-corrected chi connectivity index (χ4v) is 5.23. The minimum absolute atomic E-state index is 0.130. The van der Waals surface area contributed by atoms with Gasteiger partial charge < -0.3 is 5.32 Å². The number of sulfonamides is 1. The molecule has 33 heavy (non-hydrogen) atoms. The van der Waals surface area contributed by atoms with E-state index < -0.39 is 10.0 Å². The molecular weight excluding hydrogens is 458 g/mol. The van der Waals surface area contributed by atoms with E-state index in [0.29, 0.717) is 34.5 Å². The van der Waals surface area contributed by atoms with Crippen molar-refractivity contribution in [3.63, 3.8) is 0 Å². The van der Waals surface area contributed by atoms with Crippen LogP contribution in [0.1, 0.15) is 32.1 Å². The Bertz CT molecular complexity index is 1460. The number of pyridine rings is 1. The standard InChI is InChI=1S/C23H25N5O3S2/c1-14-9-18(33(30,31)27(4)5)11-21(16(14)3)26-23(29)19-10-15(2)25-22-20(19)12-24-28(22)13-17-7-6-8-32-17/h6-12H,13H2,1-5H3,(H,26,29). The molecule has 8 nitrogen and oxygen atoms in total. The predicted molar refractivity (Wildman–Crippen MR) is 130 cm³/mol. The van der Waals surface area contributed by atoms with Crippen LogP contribution < -0.4 is 5.32 Å². The van der Waals surface area contributed by atoms with Crippen LogP contribution in [0.5, 0.6) is 0 Å². The van der Waals surface area contributed by atoms with Crippen molar-refractivity contribution in [3.8, 4) is 0 Å². The Morgan fingerprint density at radius 3 is 2.61 bits per heavy atom. The van der Waals surface area contributed by atoms with Gasteiger partial charge in [-0.3, -0.25) is 4.79 Å². The Morgan fingerprint density at radius 1 is 1.18 bits per heavy atom. The molecule has 0 unspecified atom stereocenters. The smallest absolute Gasteiger partial charge is 0.256 e. The number of thiophene rings is 1. The number of nitrogens with one attached hydrogen (secondary N) is 1. The summed E-state index contributed by atoms with van der Waals surface area (Å²) in [6.45, 7) is 6.08. The van der Waals surface area contributed by atoms with Gasteiger partial charge in [-0.1, -0.05) is 6.07 Å². The van der Waals surface area contributed by atoms with Gasteiger partial charge in [0.2, 0.25) is 10.0 Å². The highest BCUT2D eigenvalue weighted by atomic mass is 32.2. The summed E-state index contributed by atoms with van der Waals surface area (Å²) in [6, 6.07) is 8.85. The molecule has 3 aromatic heterocycles. The Balaban J connectivity index is 1.73. The molecule has 1 N–H and O–H groups in total. The van der Waals surface area contributed by atoms with Crippen LogP contribution in [-0.2, 0) is 16.6 Å². The maximum absolute atomic E-state index is 13.3. The predicted octanol–water partition coefficient (Wildman–Crippen LogP) is 3.97. The van der Waals surface area contributed by atoms with Crippen LogP contribution in [0, 0.1) is 20.8 Å². The van der Waals surface area contributed by atoms with E-state index in [-0.39, 0.29) is 10.8 Å². The lowest BCUT2D eigenvalue weighted by Crippen LogP contribution is -2.23. The van der Waals surface area contributed by atoms with Crippen LogP contribution in [0.4, 0.5) is 5.69 Å². The summed E-state index contributed by atoms with van der Waals surface area (Å²) in [4.78, 5) is 19.2. The average Bonchev–Trinajstić information content (AvgIpc) is 3.41. The molecule has 1 aromatic carbocycles. The Labute approximate surface area is 196 Å². The first kappa shape index (κ1) is 23.1. The van der Waals surface area contributed by atoms with Gasteiger partial charge in [0.05, 0.1) is 28.6 Å². The molecule has 0 aliphatic rings. The summed E-state index contributed by atoms with van der Waals surface area (Å²) in [6.07, 6.45) is 1.65. The molecule has 0 fully saturated rings. The first-order valence-electron chi connectivity index (χ1n) is 10.3. The van der Waals surface area contributed by atoms with E-state index in [2.05, 4.69) is 15.4 Å². The molecule has 0 aliphatic heterocycles. The van der Waals surface area contributed by atoms with Crippen molar-refractivity contribution in [2.75, 3.05) is 19.4 Å². The van der Waals surface area contributed by atoms with Gasteiger partial charge in [0.15, 0.2) is 5.65 Å². The van der Waals surface area contributed by atoms with Crippen LogP contribution in [-0.4, -0.2) is 47.5 Å². The maximum Gasteiger partial charge on any atom is 0.256 e. The van der Waals surface area contributed by atoms with Crippen molar-refractivity contribution in [1.82, 2.24) is 19.1 Å². The van der Waals surface area contributed by atoms with Crippen LogP contribution in [0.3, 0.4) is 0 Å². The van der Waals surface area contributed by atoms with Crippen molar-refractivity contribution in [1.29, 1.82) is 0 Å². The average molecular weight is 484 g/mol. The molecule has 1 amide bonds. The molecule has 0 spiro atoms. The molecule has 0 radical (unpaired) electrons. The number of anilines is 1. The molecule has 10 heteroatoms. The van der Waals surface area contributed by atoms with Gasteiger partial charge in [-0.05, 0) is 61.5 Å². The van der Waals surface area contributed by atoms with Crippen molar-refractivity contribution in [2.24, 2.45) is 0 Å². The van der Waals surface area contributed by atoms with Gasteiger partial charge in [-0.15, -0.1) is 11.3 Å². The molecule has 4 rings (SSSR count). The second kappa shape index (κ2) is 8.69. The number of aryl methyl sites for hydroxylation is 2. The fraction of sp³-hybridized carbons (Fsp3) is 0.261. The normalized spacial score (nSPS) is 11.9. The molecule has 3 heterocycles. The van der Waals surface area contributed by atoms with Crippen LogP contribution in [0.2, 0.25) is 0 Å². The van der Waals surface area contributed by atoms with Crippen LogP contribution >= 0.6 is 11.3 Å². The topological polar surface area (TPSA) is 97.2 Å². The number of fused-ring (bicyclic) bond motifs is 1. The van der Waals surface area contributed by atoms with Gasteiger partial charge in [-0.25, -0.2) is 22.4 Å². The van der Waals surface area contributed by atoms with E-state index in [9.17, 15) is 13.2 Å². The summed E-state index contributed by atoms with van der Waals surface area (Å²) >= 11 is 1.63. The summed E-state index contributed by atoms with van der Waals surface area (Å²) in [5.74, 6) is -0.344. The van der Waals surface area contributed by atoms with Gasteiger partial charge in [0.25, 0.3) is 5.91 Å². The highest BCUT2D eigenvalue weighted by molar-refractivity contribution is 7.89. The van der Waals surface area contributed by atoms with Crippen molar-refractivity contribution < 1.29 is 13.2 Å². The first-order valence-corrected chi connectivity index (χ1v) is 12.6. The second-order valence-corrected chi connectivity index (χ2v) is 11.3. The molecular formula is C23H25N5O3S2. The zero-order chi connectivity index (χ0) is 23.9. The number of carbonyl (C=O) groups excluding carboxylic acids is 1. The lowest BCUT2D eigenvalue weighted by Gasteiger charge is -2.16. The van der Waals surface area contributed by atoms with Crippen LogP contribution in [0.25, 0.3) is 11.0 Å². The number of rotatable bonds is 6. The van der Waals surface area contributed by atoms with Gasteiger partial charge in [0, 0.05) is 30.4 Å². The van der Waals surface area contributed by atoms with Gasteiger partial charge >= 0.3 is 0 Å². The molecule has 0 bridgehead atoms. The summed E-state index contributed by atoms with van der Waals surface area (Å²) in [7, 11) is -0.684. The van der Waals surface area contributed by atoms with Crippen molar-refractivity contribution >= 4 is 44.0 Å².